The summed E-state index contributed by atoms with van der Waals surface area (Å²) in [5, 5.41) is 2.97. The van der Waals surface area contributed by atoms with Gasteiger partial charge >= 0.3 is 0 Å². The SMILES string of the molecule is CCCNC(=O)C(CC)N(Cc1ccc(F)cc1)C(=O)CN(c1ccccc1Cl)S(=O)(=O)c1ccc(C)cc1. The molecule has 0 aliphatic heterocycles. The molecule has 0 saturated carbocycles. The highest BCUT2D eigenvalue weighted by Gasteiger charge is 2.34. The number of carbonyl (C=O) groups excluding carboxylic acids is 2. The van der Waals surface area contributed by atoms with E-state index in [-0.39, 0.29) is 28.1 Å². The van der Waals surface area contributed by atoms with Crippen molar-refractivity contribution in [3.8, 4) is 0 Å². The maximum atomic E-state index is 13.9. The van der Waals surface area contributed by atoms with E-state index in [2.05, 4.69) is 5.32 Å². The predicted octanol–water partition coefficient (Wildman–Crippen LogP) is 5.32. The highest BCUT2D eigenvalue weighted by Crippen LogP contribution is 2.31. The number of nitrogens with one attached hydrogen (secondary N) is 1. The van der Waals surface area contributed by atoms with Gasteiger partial charge in [-0.3, -0.25) is 13.9 Å². The first kappa shape index (κ1) is 30.1. The maximum absolute atomic E-state index is 13.9. The Kier molecular flexibility index (Phi) is 10.5. The van der Waals surface area contributed by atoms with E-state index < -0.39 is 34.3 Å². The molecule has 39 heavy (non-hydrogen) atoms. The lowest BCUT2D eigenvalue weighted by Gasteiger charge is -2.33. The van der Waals surface area contributed by atoms with Crippen LogP contribution in [0, 0.1) is 12.7 Å². The van der Waals surface area contributed by atoms with Crippen molar-refractivity contribution in [2.24, 2.45) is 0 Å². The molecule has 0 saturated heterocycles. The summed E-state index contributed by atoms with van der Waals surface area (Å²) in [6.07, 6.45) is 1.00. The first-order chi connectivity index (χ1) is 18.6. The summed E-state index contributed by atoms with van der Waals surface area (Å²) in [6.45, 7) is 5.35. The molecule has 3 aromatic rings. The number of nitrogens with zero attached hydrogens (tertiary/aromatic N) is 2. The number of benzene rings is 3. The normalized spacial score (nSPS) is 12.0. The standard InChI is InChI=1S/C29H33ClFN3O4S/c1-4-18-32-29(36)26(5-2)33(19-22-12-14-23(31)15-13-22)28(35)20-34(27-9-7-6-8-25(27)30)39(37,38)24-16-10-21(3)11-17-24/h6-17,26H,4-5,18-20H2,1-3H3,(H,32,36). The third-order valence-corrected chi connectivity index (χ3v) is 8.30. The van der Waals surface area contributed by atoms with E-state index >= 15 is 0 Å². The summed E-state index contributed by atoms with van der Waals surface area (Å²) in [7, 11) is -4.22. The Morgan fingerprint density at radius 3 is 2.21 bits per heavy atom. The number of rotatable bonds is 12. The lowest BCUT2D eigenvalue weighted by Crippen LogP contribution is -2.52. The van der Waals surface area contributed by atoms with Gasteiger partial charge in [-0.25, -0.2) is 12.8 Å². The molecule has 0 aliphatic rings. The van der Waals surface area contributed by atoms with Crippen LogP contribution in [0.15, 0.2) is 77.7 Å². The molecule has 0 radical (unpaired) electrons. The minimum absolute atomic E-state index is 0.00126. The summed E-state index contributed by atoms with van der Waals surface area (Å²) in [4.78, 5) is 28.3. The molecule has 7 nitrogen and oxygen atoms in total. The van der Waals surface area contributed by atoms with Gasteiger partial charge in [0.2, 0.25) is 11.8 Å². The smallest absolute Gasteiger partial charge is 0.264 e. The largest absolute Gasteiger partial charge is 0.354 e. The number of hydrogen-bond donors (Lipinski definition) is 1. The first-order valence-corrected chi connectivity index (χ1v) is 14.6. The highest BCUT2D eigenvalue weighted by molar-refractivity contribution is 7.92. The molecule has 2 amide bonds. The van der Waals surface area contributed by atoms with Gasteiger partial charge in [-0.1, -0.05) is 67.4 Å². The molecule has 10 heteroatoms. The van der Waals surface area contributed by atoms with Crippen molar-refractivity contribution in [2.75, 3.05) is 17.4 Å². The molecule has 0 bridgehead atoms. The molecule has 0 heterocycles. The lowest BCUT2D eigenvalue weighted by atomic mass is 10.1. The zero-order chi connectivity index (χ0) is 28.6. The van der Waals surface area contributed by atoms with Gasteiger partial charge in [-0.05, 0) is 61.7 Å². The molecule has 3 aromatic carbocycles. The van der Waals surface area contributed by atoms with Crippen LogP contribution < -0.4 is 9.62 Å². The third-order valence-electron chi connectivity index (χ3n) is 6.21. The van der Waals surface area contributed by atoms with Crippen molar-refractivity contribution in [2.45, 2.75) is 51.1 Å². The van der Waals surface area contributed by atoms with Gasteiger partial charge < -0.3 is 10.2 Å². The molecular weight excluding hydrogens is 541 g/mol. The van der Waals surface area contributed by atoms with Crippen LogP contribution in [0.2, 0.25) is 5.02 Å². The second kappa shape index (κ2) is 13.6. The fraction of sp³-hybridized carbons (Fsp3) is 0.310. The Bertz CT molecular complexity index is 1380. The number of anilines is 1. The number of amides is 2. The van der Waals surface area contributed by atoms with Gasteiger partial charge in [0.1, 0.15) is 18.4 Å². The number of carbonyl (C=O) groups is 2. The number of para-hydroxylation sites is 1. The van der Waals surface area contributed by atoms with Crippen LogP contribution in [0.4, 0.5) is 10.1 Å². The van der Waals surface area contributed by atoms with Crippen LogP contribution in [0.3, 0.4) is 0 Å². The number of hydrogen-bond acceptors (Lipinski definition) is 4. The van der Waals surface area contributed by atoms with Crippen LogP contribution >= 0.6 is 11.6 Å². The van der Waals surface area contributed by atoms with Gasteiger partial charge in [-0.15, -0.1) is 0 Å². The van der Waals surface area contributed by atoms with E-state index in [0.717, 1.165) is 9.87 Å². The average molecular weight is 574 g/mol. The van der Waals surface area contributed by atoms with Crippen LogP contribution in [0.5, 0.6) is 0 Å². The van der Waals surface area contributed by atoms with Crippen molar-refractivity contribution in [3.05, 3.63) is 94.8 Å². The Hall–Kier alpha value is -3.43. The molecule has 1 unspecified atom stereocenters. The second-order valence-corrected chi connectivity index (χ2v) is 11.4. The van der Waals surface area contributed by atoms with Gasteiger partial charge in [0.15, 0.2) is 0 Å². The van der Waals surface area contributed by atoms with Crippen LogP contribution in [-0.4, -0.2) is 44.3 Å². The topological polar surface area (TPSA) is 86.8 Å². The molecule has 3 rings (SSSR count). The summed E-state index contributed by atoms with van der Waals surface area (Å²) in [6, 6.07) is 17.4. The van der Waals surface area contributed by atoms with E-state index in [1.165, 1.54) is 47.4 Å². The molecule has 1 N–H and O–H groups in total. The van der Waals surface area contributed by atoms with Crippen molar-refractivity contribution < 1.29 is 22.4 Å². The molecule has 208 valence electrons. The Morgan fingerprint density at radius 2 is 1.62 bits per heavy atom. The van der Waals surface area contributed by atoms with E-state index in [9.17, 15) is 22.4 Å². The van der Waals surface area contributed by atoms with E-state index in [0.29, 0.717) is 24.9 Å². The van der Waals surface area contributed by atoms with Crippen LogP contribution in [0.1, 0.15) is 37.8 Å². The van der Waals surface area contributed by atoms with Crippen molar-refractivity contribution in [3.63, 3.8) is 0 Å². The second-order valence-electron chi connectivity index (χ2n) is 9.14. The average Bonchev–Trinajstić information content (AvgIpc) is 2.92. The predicted molar refractivity (Wildman–Crippen MR) is 151 cm³/mol. The molecular formula is C29H33ClFN3O4S. The van der Waals surface area contributed by atoms with E-state index in [1.54, 1.807) is 37.3 Å². The minimum atomic E-state index is -4.22. The highest BCUT2D eigenvalue weighted by atomic mass is 35.5. The van der Waals surface area contributed by atoms with E-state index in [1.807, 2.05) is 13.8 Å². The third kappa shape index (κ3) is 7.58. The van der Waals surface area contributed by atoms with Gasteiger partial charge in [-0.2, -0.15) is 0 Å². The van der Waals surface area contributed by atoms with Crippen LogP contribution in [0.25, 0.3) is 0 Å². The molecule has 0 aliphatic carbocycles. The number of halogens is 2. The summed E-state index contributed by atoms with van der Waals surface area (Å²) >= 11 is 6.41. The van der Waals surface area contributed by atoms with Gasteiger partial charge in [0.25, 0.3) is 10.0 Å². The first-order valence-electron chi connectivity index (χ1n) is 12.7. The van der Waals surface area contributed by atoms with Crippen molar-refractivity contribution >= 4 is 39.1 Å². The maximum Gasteiger partial charge on any atom is 0.264 e. The van der Waals surface area contributed by atoms with Gasteiger partial charge in [0.05, 0.1) is 15.6 Å². The summed E-state index contributed by atoms with van der Waals surface area (Å²) in [5.41, 5.74) is 1.61. The van der Waals surface area contributed by atoms with Crippen molar-refractivity contribution in [1.82, 2.24) is 10.2 Å². The quantitative estimate of drug-likeness (QED) is 0.318. The fourth-order valence-corrected chi connectivity index (χ4v) is 5.80. The van der Waals surface area contributed by atoms with Crippen molar-refractivity contribution in [1.29, 1.82) is 0 Å². The molecule has 0 spiro atoms. The Morgan fingerprint density at radius 1 is 0.974 bits per heavy atom. The zero-order valence-corrected chi connectivity index (χ0v) is 23.8. The molecule has 1 atom stereocenters. The minimum Gasteiger partial charge on any atom is -0.354 e. The fourth-order valence-electron chi connectivity index (χ4n) is 4.08. The lowest BCUT2D eigenvalue weighted by molar-refractivity contribution is -0.140. The van der Waals surface area contributed by atoms with Gasteiger partial charge in [0, 0.05) is 13.1 Å². The Labute approximate surface area is 234 Å². The number of sulfonamides is 1. The van der Waals surface area contributed by atoms with E-state index in [4.69, 9.17) is 11.6 Å². The summed E-state index contributed by atoms with van der Waals surface area (Å²) < 4.78 is 42.2. The Balaban J connectivity index is 2.05. The van der Waals surface area contributed by atoms with Crippen LogP contribution in [-0.2, 0) is 26.2 Å². The molecule has 0 aromatic heterocycles. The molecule has 0 fully saturated rings. The number of aryl methyl sites for hydroxylation is 1. The monoisotopic (exact) mass is 573 g/mol. The summed E-state index contributed by atoms with van der Waals surface area (Å²) in [5.74, 6) is -1.38. The zero-order valence-electron chi connectivity index (χ0n) is 22.2.